The molecule has 0 radical (unpaired) electrons. The van der Waals surface area contributed by atoms with Gasteiger partial charge in [-0.05, 0) is 48.7 Å². The van der Waals surface area contributed by atoms with Gasteiger partial charge in [0.1, 0.15) is 0 Å². The summed E-state index contributed by atoms with van der Waals surface area (Å²) >= 11 is 1.45. The van der Waals surface area contributed by atoms with Gasteiger partial charge in [-0.1, -0.05) is 24.3 Å². The van der Waals surface area contributed by atoms with Crippen molar-refractivity contribution in [1.82, 2.24) is 4.31 Å². The lowest BCUT2D eigenvalue weighted by atomic mass is 10.1. The molecule has 2 rings (SSSR count). The van der Waals surface area contributed by atoms with Crippen LogP contribution in [0.3, 0.4) is 0 Å². The van der Waals surface area contributed by atoms with E-state index in [2.05, 4.69) is 5.32 Å². The number of carbonyl (C=O) groups is 1. The lowest BCUT2D eigenvalue weighted by Gasteiger charge is -2.12. The van der Waals surface area contributed by atoms with Crippen LogP contribution in [0.1, 0.15) is 16.7 Å². The third-order valence-corrected chi connectivity index (χ3v) is 6.87. The van der Waals surface area contributed by atoms with Gasteiger partial charge in [-0.15, -0.1) is 11.8 Å². The molecule has 1 amide bonds. The van der Waals surface area contributed by atoms with Crippen LogP contribution in [0, 0.1) is 13.8 Å². The average molecular weight is 393 g/mol. The van der Waals surface area contributed by atoms with Crippen LogP contribution in [0.4, 0.5) is 5.69 Å². The van der Waals surface area contributed by atoms with Crippen LogP contribution in [0.15, 0.2) is 47.4 Å². The van der Waals surface area contributed by atoms with Gasteiger partial charge >= 0.3 is 0 Å². The van der Waals surface area contributed by atoms with Crippen molar-refractivity contribution in [1.29, 1.82) is 0 Å². The summed E-state index contributed by atoms with van der Waals surface area (Å²) in [6.45, 7) is 3.99. The first-order valence-corrected chi connectivity index (χ1v) is 10.8. The summed E-state index contributed by atoms with van der Waals surface area (Å²) in [6.07, 6.45) is 0. The monoisotopic (exact) mass is 392 g/mol. The van der Waals surface area contributed by atoms with E-state index in [1.165, 1.54) is 30.2 Å². The molecule has 2 aromatic carbocycles. The van der Waals surface area contributed by atoms with Crippen LogP contribution < -0.4 is 5.32 Å². The SMILES string of the molecule is Cc1cccc(NC(=O)CSCc2cccc(S(=O)(=O)N(C)C)c2)c1C. The number of hydrogen-bond acceptors (Lipinski definition) is 4. The molecule has 0 spiro atoms. The predicted molar refractivity (Wildman–Crippen MR) is 108 cm³/mol. The Balaban J connectivity index is 1.94. The molecule has 0 heterocycles. The quantitative estimate of drug-likeness (QED) is 0.784. The number of nitrogens with zero attached hydrogens (tertiary/aromatic N) is 1. The highest BCUT2D eigenvalue weighted by molar-refractivity contribution is 7.99. The highest BCUT2D eigenvalue weighted by Crippen LogP contribution is 2.20. The number of carbonyl (C=O) groups excluding carboxylic acids is 1. The number of benzene rings is 2. The highest BCUT2D eigenvalue weighted by Gasteiger charge is 2.17. The van der Waals surface area contributed by atoms with E-state index in [4.69, 9.17) is 0 Å². The molecule has 1 N–H and O–H groups in total. The van der Waals surface area contributed by atoms with Crippen LogP contribution in [0.25, 0.3) is 0 Å². The Bertz CT molecular complexity index is 893. The van der Waals surface area contributed by atoms with Crippen LogP contribution in [0.2, 0.25) is 0 Å². The number of aryl methyl sites for hydroxylation is 1. The minimum absolute atomic E-state index is 0.0687. The lowest BCUT2D eigenvalue weighted by Crippen LogP contribution is -2.22. The maximum Gasteiger partial charge on any atom is 0.242 e. The molecule has 0 aliphatic rings. The molecule has 0 saturated heterocycles. The fourth-order valence-electron chi connectivity index (χ4n) is 2.34. The molecule has 0 aliphatic heterocycles. The summed E-state index contributed by atoms with van der Waals surface area (Å²) in [5.74, 6) is 0.801. The third-order valence-electron chi connectivity index (χ3n) is 4.06. The van der Waals surface area contributed by atoms with Crippen LogP contribution in [0.5, 0.6) is 0 Å². The maximum absolute atomic E-state index is 12.2. The van der Waals surface area contributed by atoms with Crippen molar-refractivity contribution in [2.24, 2.45) is 0 Å². The molecule has 0 aliphatic carbocycles. The molecule has 7 heteroatoms. The zero-order chi connectivity index (χ0) is 19.3. The molecule has 0 bridgehead atoms. The van der Waals surface area contributed by atoms with Crippen LogP contribution in [-0.2, 0) is 20.6 Å². The van der Waals surface area contributed by atoms with Gasteiger partial charge in [-0.25, -0.2) is 12.7 Å². The average Bonchev–Trinajstić information content (AvgIpc) is 2.59. The van der Waals surface area contributed by atoms with E-state index in [1.807, 2.05) is 38.1 Å². The first-order chi connectivity index (χ1) is 12.2. The summed E-state index contributed by atoms with van der Waals surface area (Å²) in [5, 5.41) is 2.93. The Labute approximate surface area is 159 Å². The van der Waals surface area contributed by atoms with E-state index in [0.717, 1.165) is 22.4 Å². The summed E-state index contributed by atoms with van der Waals surface area (Å²) < 4.78 is 25.6. The fraction of sp³-hybridized carbons (Fsp3) is 0.316. The Hall–Kier alpha value is -1.83. The minimum Gasteiger partial charge on any atom is -0.325 e. The maximum atomic E-state index is 12.2. The van der Waals surface area contributed by atoms with E-state index in [9.17, 15) is 13.2 Å². The molecule has 26 heavy (non-hydrogen) atoms. The molecule has 0 fully saturated rings. The van der Waals surface area contributed by atoms with E-state index in [1.54, 1.807) is 18.2 Å². The molecule has 2 aromatic rings. The van der Waals surface area contributed by atoms with Gasteiger partial charge in [0.15, 0.2) is 0 Å². The molecule has 0 saturated carbocycles. The Kier molecular flexibility index (Phi) is 6.86. The van der Waals surface area contributed by atoms with Crippen molar-refractivity contribution in [3.63, 3.8) is 0 Å². The molecule has 5 nitrogen and oxygen atoms in total. The number of rotatable bonds is 7. The summed E-state index contributed by atoms with van der Waals surface area (Å²) in [4.78, 5) is 12.4. The second-order valence-corrected chi connectivity index (χ2v) is 9.36. The first-order valence-electron chi connectivity index (χ1n) is 8.17. The smallest absolute Gasteiger partial charge is 0.242 e. The van der Waals surface area contributed by atoms with Gasteiger partial charge in [0, 0.05) is 25.5 Å². The number of thioether (sulfide) groups is 1. The third kappa shape index (κ3) is 5.09. The number of nitrogens with one attached hydrogen (secondary N) is 1. The molecule has 0 aromatic heterocycles. The first kappa shape index (κ1) is 20.5. The Morgan fingerprint density at radius 2 is 1.81 bits per heavy atom. The molecule has 140 valence electrons. The zero-order valence-corrected chi connectivity index (χ0v) is 17.1. The van der Waals surface area contributed by atoms with Gasteiger partial charge in [0.2, 0.25) is 15.9 Å². The fourth-order valence-corrected chi connectivity index (χ4v) is 4.09. The molecular weight excluding hydrogens is 368 g/mol. The van der Waals surface area contributed by atoms with Crippen LogP contribution >= 0.6 is 11.8 Å². The van der Waals surface area contributed by atoms with Crippen LogP contribution in [-0.4, -0.2) is 38.5 Å². The van der Waals surface area contributed by atoms with Crippen molar-refractivity contribution in [2.75, 3.05) is 25.2 Å². The predicted octanol–water partition coefficient (Wildman–Crippen LogP) is 3.43. The molecule has 0 atom stereocenters. The summed E-state index contributed by atoms with van der Waals surface area (Å²) in [7, 11) is -0.429. The van der Waals surface area contributed by atoms with Crippen molar-refractivity contribution in [3.8, 4) is 0 Å². The standard InChI is InChI=1S/C19H24N2O3S2/c1-14-7-5-10-18(15(14)2)20-19(22)13-25-12-16-8-6-9-17(11-16)26(23,24)21(3)4/h5-11H,12-13H2,1-4H3,(H,20,22). The summed E-state index contributed by atoms with van der Waals surface area (Å²) in [6, 6.07) is 12.6. The van der Waals surface area contributed by atoms with Crippen molar-refractivity contribution in [2.45, 2.75) is 24.5 Å². The minimum atomic E-state index is -3.45. The van der Waals surface area contributed by atoms with E-state index in [-0.39, 0.29) is 10.8 Å². The van der Waals surface area contributed by atoms with Crippen molar-refractivity contribution >= 4 is 33.4 Å². The topological polar surface area (TPSA) is 66.5 Å². The van der Waals surface area contributed by atoms with Gasteiger partial charge in [-0.2, -0.15) is 0 Å². The number of sulfonamides is 1. The number of hydrogen-bond donors (Lipinski definition) is 1. The Morgan fingerprint density at radius 1 is 1.12 bits per heavy atom. The Morgan fingerprint density at radius 3 is 2.50 bits per heavy atom. The summed E-state index contributed by atoms with van der Waals surface area (Å²) in [5.41, 5.74) is 3.90. The van der Waals surface area contributed by atoms with E-state index < -0.39 is 10.0 Å². The second-order valence-electron chi connectivity index (χ2n) is 6.22. The van der Waals surface area contributed by atoms with Gasteiger partial charge in [-0.3, -0.25) is 4.79 Å². The molecule has 0 unspecified atom stereocenters. The number of anilines is 1. The highest BCUT2D eigenvalue weighted by atomic mass is 32.2. The van der Waals surface area contributed by atoms with E-state index in [0.29, 0.717) is 11.5 Å². The second kappa shape index (κ2) is 8.70. The lowest BCUT2D eigenvalue weighted by molar-refractivity contribution is -0.113. The largest absolute Gasteiger partial charge is 0.325 e. The van der Waals surface area contributed by atoms with Gasteiger partial charge in [0.25, 0.3) is 0 Å². The van der Waals surface area contributed by atoms with E-state index >= 15 is 0 Å². The number of amides is 1. The molecular formula is C19H24N2O3S2. The van der Waals surface area contributed by atoms with Gasteiger partial charge in [0.05, 0.1) is 10.6 Å². The van der Waals surface area contributed by atoms with Gasteiger partial charge < -0.3 is 5.32 Å². The normalized spacial score (nSPS) is 11.6. The van der Waals surface area contributed by atoms with Crippen molar-refractivity contribution < 1.29 is 13.2 Å². The van der Waals surface area contributed by atoms with Crippen molar-refractivity contribution in [3.05, 3.63) is 59.2 Å². The zero-order valence-electron chi connectivity index (χ0n) is 15.4.